The Bertz CT molecular complexity index is 206. The van der Waals surface area contributed by atoms with Gasteiger partial charge in [-0.1, -0.05) is 0 Å². The van der Waals surface area contributed by atoms with Gasteiger partial charge in [-0.25, -0.2) is 4.79 Å². The van der Waals surface area contributed by atoms with Crippen molar-refractivity contribution in [3.63, 3.8) is 0 Å². The van der Waals surface area contributed by atoms with Crippen LogP contribution in [0.1, 0.15) is 6.42 Å². The Kier molecular flexibility index (Phi) is 3.21. The highest BCUT2D eigenvalue weighted by Gasteiger charge is 2.21. The van der Waals surface area contributed by atoms with Gasteiger partial charge in [0.05, 0.1) is 12.6 Å². The van der Waals surface area contributed by atoms with Crippen molar-refractivity contribution in [1.29, 1.82) is 0 Å². The molecule has 0 aromatic heterocycles. The highest BCUT2D eigenvalue weighted by molar-refractivity contribution is 5.69. The third kappa shape index (κ3) is 2.36. The van der Waals surface area contributed by atoms with Crippen molar-refractivity contribution in [2.75, 3.05) is 39.4 Å². The molecule has 1 N–H and O–H groups in total. The van der Waals surface area contributed by atoms with E-state index in [2.05, 4.69) is 5.32 Å². The monoisotopic (exact) mass is 200 g/mol. The van der Waals surface area contributed by atoms with E-state index in [1.165, 1.54) is 0 Å². The summed E-state index contributed by atoms with van der Waals surface area (Å²) in [6, 6.07) is 0. The fourth-order valence-corrected chi connectivity index (χ4v) is 1.51. The SMILES string of the molecule is O=C1OCCN1CCCOC1CNC1. The molecule has 0 bridgehead atoms. The van der Waals surface area contributed by atoms with E-state index in [9.17, 15) is 4.79 Å². The molecule has 5 nitrogen and oxygen atoms in total. The van der Waals surface area contributed by atoms with Gasteiger partial charge in [0.15, 0.2) is 0 Å². The Labute approximate surface area is 83.3 Å². The van der Waals surface area contributed by atoms with Crippen LogP contribution in [0, 0.1) is 0 Å². The number of nitrogens with one attached hydrogen (secondary N) is 1. The van der Waals surface area contributed by atoms with E-state index in [0.29, 0.717) is 12.7 Å². The molecule has 0 aromatic rings. The molecule has 0 radical (unpaired) electrons. The first kappa shape index (κ1) is 9.73. The Hall–Kier alpha value is -0.810. The lowest BCUT2D eigenvalue weighted by Crippen LogP contribution is -2.48. The molecule has 5 heteroatoms. The van der Waals surface area contributed by atoms with Gasteiger partial charge in [-0.15, -0.1) is 0 Å². The van der Waals surface area contributed by atoms with Crippen LogP contribution in [0.5, 0.6) is 0 Å². The molecule has 2 heterocycles. The second kappa shape index (κ2) is 4.61. The maximum atomic E-state index is 11.0. The molecule has 2 saturated heterocycles. The Balaban J connectivity index is 1.51. The number of cyclic esters (lactones) is 1. The van der Waals surface area contributed by atoms with Crippen LogP contribution in [0.15, 0.2) is 0 Å². The van der Waals surface area contributed by atoms with Crippen LogP contribution < -0.4 is 5.32 Å². The predicted molar refractivity (Wildman–Crippen MR) is 50.1 cm³/mol. The standard InChI is InChI=1S/C9H16N2O3/c12-9-11(3-5-14-9)2-1-4-13-8-6-10-7-8/h8,10H,1-7H2. The predicted octanol–water partition coefficient (Wildman–Crippen LogP) is -0.183. The molecule has 80 valence electrons. The zero-order chi connectivity index (χ0) is 9.80. The molecule has 0 aliphatic carbocycles. The zero-order valence-corrected chi connectivity index (χ0v) is 8.20. The average molecular weight is 200 g/mol. The number of rotatable bonds is 5. The summed E-state index contributed by atoms with van der Waals surface area (Å²) in [6.45, 7) is 4.67. The number of hydrogen-bond acceptors (Lipinski definition) is 4. The van der Waals surface area contributed by atoms with E-state index >= 15 is 0 Å². The summed E-state index contributed by atoms with van der Waals surface area (Å²) < 4.78 is 10.3. The number of nitrogens with zero attached hydrogens (tertiary/aromatic N) is 1. The van der Waals surface area contributed by atoms with Crippen molar-refractivity contribution in [1.82, 2.24) is 10.2 Å². The molecule has 2 rings (SSSR count). The zero-order valence-electron chi connectivity index (χ0n) is 8.20. The van der Waals surface area contributed by atoms with Gasteiger partial charge >= 0.3 is 6.09 Å². The van der Waals surface area contributed by atoms with Crippen LogP contribution in [-0.2, 0) is 9.47 Å². The van der Waals surface area contributed by atoms with E-state index in [-0.39, 0.29) is 6.09 Å². The maximum Gasteiger partial charge on any atom is 0.409 e. The van der Waals surface area contributed by atoms with E-state index in [4.69, 9.17) is 9.47 Å². The largest absolute Gasteiger partial charge is 0.448 e. The third-order valence-electron chi connectivity index (χ3n) is 2.51. The highest BCUT2D eigenvalue weighted by Crippen LogP contribution is 2.05. The molecule has 0 aromatic carbocycles. The molecule has 2 aliphatic rings. The van der Waals surface area contributed by atoms with Crippen molar-refractivity contribution in [2.24, 2.45) is 0 Å². The lowest BCUT2D eigenvalue weighted by atomic mass is 10.2. The Morgan fingerprint density at radius 3 is 3.00 bits per heavy atom. The topological polar surface area (TPSA) is 50.8 Å². The molecule has 0 saturated carbocycles. The second-order valence-corrected chi connectivity index (χ2v) is 3.61. The van der Waals surface area contributed by atoms with E-state index in [0.717, 1.165) is 39.2 Å². The number of hydrogen-bond donors (Lipinski definition) is 1. The third-order valence-corrected chi connectivity index (χ3v) is 2.51. The molecule has 0 unspecified atom stereocenters. The van der Waals surface area contributed by atoms with Gasteiger partial charge in [0.1, 0.15) is 6.61 Å². The van der Waals surface area contributed by atoms with Crippen LogP contribution in [0.3, 0.4) is 0 Å². The fraction of sp³-hybridized carbons (Fsp3) is 0.889. The number of ether oxygens (including phenoxy) is 2. The minimum absolute atomic E-state index is 0.185. The molecule has 1 amide bonds. The smallest absolute Gasteiger partial charge is 0.409 e. The summed E-state index contributed by atoms with van der Waals surface area (Å²) in [7, 11) is 0. The van der Waals surface area contributed by atoms with Crippen LogP contribution in [-0.4, -0.2) is 56.5 Å². The average Bonchev–Trinajstić information content (AvgIpc) is 2.48. The van der Waals surface area contributed by atoms with Gasteiger partial charge in [-0.05, 0) is 6.42 Å². The molecule has 2 aliphatic heterocycles. The Morgan fingerprint density at radius 1 is 1.57 bits per heavy atom. The minimum Gasteiger partial charge on any atom is -0.448 e. The number of amides is 1. The first-order valence-electron chi connectivity index (χ1n) is 5.10. The minimum atomic E-state index is -0.185. The van der Waals surface area contributed by atoms with Crippen molar-refractivity contribution >= 4 is 6.09 Å². The van der Waals surface area contributed by atoms with Crippen molar-refractivity contribution in [3.05, 3.63) is 0 Å². The molecule has 2 fully saturated rings. The summed E-state index contributed by atoms with van der Waals surface area (Å²) in [5.41, 5.74) is 0. The van der Waals surface area contributed by atoms with E-state index in [1.54, 1.807) is 4.90 Å². The van der Waals surface area contributed by atoms with Crippen molar-refractivity contribution in [2.45, 2.75) is 12.5 Å². The summed E-state index contributed by atoms with van der Waals surface area (Å²) in [5.74, 6) is 0. The normalized spacial score (nSPS) is 22.3. The molecule has 14 heavy (non-hydrogen) atoms. The number of carbonyl (C=O) groups is 1. The second-order valence-electron chi connectivity index (χ2n) is 3.61. The van der Waals surface area contributed by atoms with Gasteiger partial charge in [0.2, 0.25) is 0 Å². The van der Waals surface area contributed by atoms with E-state index < -0.39 is 0 Å². The lowest BCUT2D eigenvalue weighted by Gasteiger charge is -2.27. The molecular formula is C9H16N2O3. The van der Waals surface area contributed by atoms with Crippen LogP contribution >= 0.6 is 0 Å². The van der Waals surface area contributed by atoms with Crippen LogP contribution in [0.25, 0.3) is 0 Å². The first-order valence-corrected chi connectivity index (χ1v) is 5.10. The van der Waals surface area contributed by atoms with Gasteiger partial charge < -0.3 is 19.7 Å². The van der Waals surface area contributed by atoms with Gasteiger partial charge in [-0.3, -0.25) is 0 Å². The summed E-state index contributed by atoms with van der Waals surface area (Å²) in [4.78, 5) is 12.7. The van der Waals surface area contributed by atoms with Crippen molar-refractivity contribution in [3.8, 4) is 0 Å². The fourth-order valence-electron chi connectivity index (χ4n) is 1.51. The van der Waals surface area contributed by atoms with Gasteiger partial charge in [0.25, 0.3) is 0 Å². The maximum absolute atomic E-state index is 11.0. The molecular weight excluding hydrogens is 184 g/mol. The lowest BCUT2D eigenvalue weighted by molar-refractivity contribution is 0.0158. The highest BCUT2D eigenvalue weighted by atomic mass is 16.6. The first-order chi connectivity index (χ1) is 6.86. The van der Waals surface area contributed by atoms with Gasteiger partial charge in [0, 0.05) is 26.2 Å². The van der Waals surface area contributed by atoms with Crippen LogP contribution in [0.4, 0.5) is 4.79 Å². The summed E-state index contributed by atoms with van der Waals surface area (Å²) in [5, 5.41) is 3.14. The summed E-state index contributed by atoms with van der Waals surface area (Å²) >= 11 is 0. The molecule has 0 atom stereocenters. The number of carbonyl (C=O) groups excluding carboxylic acids is 1. The Morgan fingerprint density at radius 2 is 2.43 bits per heavy atom. The van der Waals surface area contributed by atoms with Gasteiger partial charge in [-0.2, -0.15) is 0 Å². The van der Waals surface area contributed by atoms with Crippen molar-refractivity contribution < 1.29 is 14.3 Å². The quantitative estimate of drug-likeness (QED) is 0.625. The van der Waals surface area contributed by atoms with E-state index in [1.807, 2.05) is 0 Å². The molecule has 0 spiro atoms. The summed E-state index contributed by atoms with van der Waals surface area (Å²) in [6.07, 6.45) is 1.10. The van der Waals surface area contributed by atoms with Crippen LogP contribution in [0.2, 0.25) is 0 Å².